The lowest BCUT2D eigenvalue weighted by Gasteiger charge is -2.51. The highest BCUT2D eigenvalue weighted by molar-refractivity contribution is 7.16. The van der Waals surface area contributed by atoms with Crippen molar-refractivity contribution in [2.45, 2.75) is 37.8 Å². The van der Waals surface area contributed by atoms with Crippen LogP contribution in [-0.4, -0.2) is 39.7 Å². The molecule has 1 saturated heterocycles. The SMILES string of the molecule is CC1COC2(CCC2)CN1c1nc(-c2ccccn2)nc2sccc12. The van der Waals surface area contributed by atoms with Gasteiger partial charge in [0, 0.05) is 12.7 Å². The average molecular weight is 352 g/mol. The van der Waals surface area contributed by atoms with Gasteiger partial charge in [0.2, 0.25) is 0 Å². The zero-order valence-corrected chi connectivity index (χ0v) is 15.0. The first-order chi connectivity index (χ1) is 12.2. The van der Waals surface area contributed by atoms with E-state index in [1.807, 2.05) is 18.2 Å². The van der Waals surface area contributed by atoms with Gasteiger partial charge in [0.15, 0.2) is 5.82 Å². The summed E-state index contributed by atoms with van der Waals surface area (Å²) in [6, 6.07) is 8.30. The van der Waals surface area contributed by atoms with E-state index >= 15 is 0 Å². The largest absolute Gasteiger partial charge is 0.371 e. The minimum absolute atomic E-state index is 0.0327. The topological polar surface area (TPSA) is 51.1 Å². The Hall–Kier alpha value is -2.05. The fraction of sp³-hybridized carbons (Fsp3) is 0.421. The quantitative estimate of drug-likeness (QED) is 0.700. The molecule has 1 spiro atoms. The monoisotopic (exact) mass is 352 g/mol. The molecule has 0 aromatic carbocycles. The predicted molar refractivity (Wildman–Crippen MR) is 100.0 cm³/mol. The zero-order valence-electron chi connectivity index (χ0n) is 14.2. The van der Waals surface area contributed by atoms with Crippen LogP contribution < -0.4 is 4.90 Å². The smallest absolute Gasteiger partial charge is 0.181 e. The van der Waals surface area contributed by atoms with Gasteiger partial charge in [-0.1, -0.05) is 6.07 Å². The molecule has 5 rings (SSSR count). The molecule has 1 unspecified atom stereocenters. The number of ether oxygens (including phenoxy) is 1. The van der Waals surface area contributed by atoms with Crippen molar-refractivity contribution in [3.05, 3.63) is 35.8 Å². The first-order valence-corrected chi connectivity index (χ1v) is 9.69. The van der Waals surface area contributed by atoms with Crippen LogP contribution in [0.3, 0.4) is 0 Å². The Balaban J connectivity index is 1.63. The van der Waals surface area contributed by atoms with Crippen LogP contribution >= 0.6 is 11.3 Å². The standard InChI is InChI=1S/C19H20N4OS/c1-13-11-24-19(7-4-8-19)12-23(13)17-14-6-10-25-18(14)22-16(21-17)15-5-2-3-9-20-15/h2-3,5-6,9-10,13H,4,7-8,11-12H2,1H3. The highest BCUT2D eigenvalue weighted by atomic mass is 32.1. The molecule has 3 aromatic rings. The fourth-order valence-electron chi connectivity index (χ4n) is 3.72. The molecule has 3 aromatic heterocycles. The molecule has 0 radical (unpaired) electrons. The average Bonchev–Trinajstić information content (AvgIpc) is 3.09. The van der Waals surface area contributed by atoms with Gasteiger partial charge in [-0.25, -0.2) is 9.97 Å². The summed E-state index contributed by atoms with van der Waals surface area (Å²) >= 11 is 1.66. The fourth-order valence-corrected chi connectivity index (χ4v) is 4.48. The van der Waals surface area contributed by atoms with Crippen LogP contribution in [0.1, 0.15) is 26.2 Å². The van der Waals surface area contributed by atoms with E-state index in [1.165, 1.54) is 6.42 Å². The number of nitrogens with zero attached hydrogens (tertiary/aromatic N) is 4. The lowest BCUT2D eigenvalue weighted by Crippen LogP contribution is -2.59. The molecule has 4 heterocycles. The highest BCUT2D eigenvalue weighted by Gasteiger charge is 2.44. The van der Waals surface area contributed by atoms with E-state index in [-0.39, 0.29) is 5.60 Å². The van der Waals surface area contributed by atoms with E-state index in [2.05, 4.69) is 28.3 Å². The molecular formula is C19H20N4OS. The van der Waals surface area contributed by atoms with E-state index < -0.39 is 0 Å². The summed E-state index contributed by atoms with van der Waals surface area (Å²) in [7, 11) is 0. The molecule has 1 aliphatic heterocycles. The molecule has 5 nitrogen and oxygen atoms in total. The summed E-state index contributed by atoms with van der Waals surface area (Å²) < 4.78 is 6.18. The van der Waals surface area contributed by atoms with E-state index in [0.717, 1.165) is 47.7 Å². The first kappa shape index (κ1) is 15.2. The molecule has 2 fully saturated rings. The van der Waals surface area contributed by atoms with Crippen molar-refractivity contribution in [1.82, 2.24) is 15.0 Å². The molecule has 0 bridgehead atoms. The normalized spacial score (nSPS) is 22.3. The van der Waals surface area contributed by atoms with E-state index in [0.29, 0.717) is 11.9 Å². The van der Waals surface area contributed by atoms with Crippen LogP contribution in [0.25, 0.3) is 21.7 Å². The predicted octanol–water partition coefficient (Wildman–Crippen LogP) is 3.90. The summed E-state index contributed by atoms with van der Waals surface area (Å²) in [6.07, 6.45) is 5.36. The number of hydrogen-bond acceptors (Lipinski definition) is 6. The Kier molecular flexibility index (Phi) is 3.50. The van der Waals surface area contributed by atoms with Gasteiger partial charge in [0.25, 0.3) is 0 Å². The van der Waals surface area contributed by atoms with Crippen molar-refractivity contribution < 1.29 is 4.74 Å². The Morgan fingerprint density at radius 3 is 2.92 bits per heavy atom. The minimum atomic E-state index is 0.0327. The number of anilines is 1. The molecule has 128 valence electrons. The molecule has 6 heteroatoms. The molecule has 1 atom stereocenters. The van der Waals surface area contributed by atoms with E-state index in [9.17, 15) is 0 Å². The highest BCUT2D eigenvalue weighted by Crippen LogP contribution is 2.42. The number of thiophene rings is 1. The molecule has 0 N–H and O–H groups in total. The third kappa shape index (κ3) is 2.51. The van der Waals surface area contributed by atoms with Gasteiger partial charge in [-0.2, -0.15) is 0 Å². The summed E-state index contributed by atoms with van der Waals surface area (Å²) in [5.41, 5.74) is 0.851. The maximum Gasteiger partial charge on any atom is 0.181 e. The van der Waals surface area contributed by atoms with E-state index in [4.69, 9.17) is 14.7 Å². The summed E-state index contributed by atoms with van der Waals surface area (Å²) in [5, 5.41) is 3.22. The number of fused-ring (bicyclic) bond motifs is 1. The second-order valence-electron chi connectivity index (χ2n) is 7.05. The first-order valence-electron chi connectivity index (χ1n) is 8.81. The number of morpholine rings is 1. The van der Waals surface area contributed by atoms with Crippen LogP contribution in [0.5, 0.6) is 0 Å². The van der Waals surface area contributed by atoms with Gasteiger partial charge in [-0.15, -0.1) is 11.3 Å². The minimum Gasteiger partial charge on any atom is -0.371 e. The Bertz CT molecular complexity index is 906. The molecular weight excluding hydrogens is 332 g/mol. The van der Waals surface area contributed by atoms with Crippen LogP contribution in [-0.2, 0) is 4.74 Å². The molecule has 2 aliphatic rings. The maximum atomic E-state index is 6.18. The maximum absolute atomic E-state index is 6.18. The van der Waals surface area contributed by atoms with Crippen LogP contribution in [0, 0.1) is 0 Å². The summed E-state index contributed by atoms with van der Waals surface area (Å²) in [6.45, 7) is 3.89. The summed E-state index contributed by atoms with van der Waals surface area (Å²) in [5.74, 6) is 1.72. The van der Waals surface area contributed by atoms with Crippen LogP contribution in [0.2, 0.25) is 0 Å². The van der Waals surface area contributed by atoms with Crippen LogP contribution in [0.15, 0.2) is 35.8 Å². The second-order valence-corrected chi connectivity index (χ2v) is 7.94. The van der Waals surface area contributed by atoms with Gasteiger partial charge in [0.1, 0.15) is 16.3 Å². The lowest BCUT2D eigenvalue weighted by molar-refractivity contribution is -0.117. The molecule has 25 heavy (non-hydrogen) atoms. The second kappa shape index (κ2) is 5.75. The zero-order chi connectivity index (χ0) is 16.9. The van der Waals surface area contributed by atoms with Crippen molar-refractivity contribution >= 4 is 27.4 Å². The number of rotatable bonds is 2. The van der Waals surface area contributed by atoms with Gasteiger partial charge >= 0.3 is 0 Å². The Labute approximate surface area is 150 Å². The Morgan fingerprint density at radius 1 is 1.24 bits per heavy atom. The van der Waals surface area contributed by atoms with Crippen molar-refractivity contribution in [2.24, 2.45) is 0 Å². The number of pyridine rings is 1. The third-order valence-corrected chi connectivity index (χ3v) is 6.16. The van der Waals surface area contributed by atoms with Gasteiger partial charge in [-0.05, 0) is 49.8 Å². The number of hydrogen-bond donors (Lipinski definition) is 0. The van der Waals surface area contributed by atoms with Crippen LogP contribution in [0.4, 0.5) is 5.82 Å². The molecule has 0 amide bonds. The lowest BCUT2D eigenvalue weighted by atomic mass is 9.78. The van der Waals surface area contributed by atoms with Gasteiger partial charge in [-0.3, -0.25) is 4.98 Å². The Morgan fingerprint density at radius 2 is 2.16 bits per heavy atom. The number of aromatic nitrogens is 3. The van der Waals surface area contributed by atoms with Crippen molar-refractivity contribution in [3.63, 3.8) is 0 Å². The van der Waals surface area contributed by atoms with Crippen molar-refractivity contribution in [3.8, 4) is 11.5 Å². The molecule has 1 saturated carbocycles. The van der Waals surface area contributed by atoms with E-state index in [1.54, 1.807) is 17.5 Å². The molecule has 1 aliphatic carbocycles. The van der Waals surface area contributed by atoms with Gasteiger partial charge in [0.05, 0.1) is 23.6 Å². The van der Waals surface area contributed by atoms with Gasteiger partial charge < -0.3 is 9.64 Å². The summed E-state index contributed by atoms with van der Waals surface area (Å²) in [4.78, 5) is 17.6. The van der Waals surface area contributed by atoms with Crippen molar-refractivity contribution in [2.75, 3.05) is 18.1 Å². The van der Waals surface area contributed by atoms with Crippen molar-refractivity contribution in [1.29, 1.82) is 0 Å². The third-order valence-electron chi connectivity index (χ3n) is 5.36.